The van der Waals surface area contributed by atoms with Crippen molar-refractivity contribution in [3.63, 3.8) is 0 Å². The highest BCUT2D eigenvalue weighted by Gasteiger charge is 2.16. The molecule has 0 fully saturated rings. The van der Waals surface area contributed by atoms with Gasteiger partial charge < -0.3 is 15.5 Å². The monoisotopic (exact) mass is 366 g/mol. The lowest BCUT2D eigenvalue weighted by Crippen LogP contribution is -2.36. The van der Waals surface area contributed by atoms with Gasteiger partial charge in [0.05, 0.1) is 16.6 Å². The zero-order valence-electron chi connectivity index (χ0n) is 13.7. The van der Waals surface area contributed by atoms with Crippen molar-refractivity contribution in [1.29, 1.82) is 0 Å². The van der Waals surface area contributed by atoms with Gasteiger partial charge in [0, 0.05) is 17.8 Å². The van der Waals surface area contributed by atoms with Crippen LogP contribution in [0.3, 0.4) is 0 Å². The van der Waals surface area contributed by atoms with E-state index in [4.69, 9.17) is 0 Å². The topological polar surface area (TPSA) is 84.7 Å². The molecule has 2 aromatic heterocycles. The molecule has 0 bridgehead atoms. The first-order chi connectivity index (χ1) is 13.0. The summed E-state index contributed by atoms with van der Waals surface area (Å²) in [6, 6.07) is 12.4. The van der Waals surface area contributed by atoms with E-state index in [-0.39, 0.29) is 17.1 Å². The number of benzene rings is 2. The van der Waals surface area contributed by atoms with Crippen molar-refractivity contribution in [3.05, 3.63) is 83.3 Å². The van der Waals surface area contributed by atoms with Crippen molar-refractivity contribution in [2.75, 3.05) is 5.32 Å². The molecule has 0 aliphatic rings. The van der Waals surface area contributed by atoms with E-state index in [1.54, 1.807) is 24.3 Å². The van der Waals surface area contributed by atoms with Gasteiger partial charge in [0.1, 0.15) is 17.5 Å². The molecule has 0 atom stereocenters. The second-order valence-corrected chi connectivity index (χ2v) is 5.81. The molecule has 0 saturated carbocycles. The number of aromatic amines is 1. The number of hydrogen-bond acceptors (Lipinski definition) is 3. The quantitative estimate of drug-likeness (QED) is 0.431. The van der Waals surface area contributed by atoms with Crippen LogP contribution in [0, 0.1) is 16.8 Å². The average Bonchev–Trinajstić information content (AvgIpc) is 3.07. The minimum absolute atomic E-state index is 0.00784. The lowest BCUT2D eigenvalue weighted by molar-refractivity contribution is -0.607. The molecule has 2 N–H and O–H groups in total. The van der Waals surface area contributed by atoms with Crippen LogP contribution in [0.5, 0.6) is 0 Å². The van der Waals surface area contributed by atoms with Gasteiger partial charge in [0.15, 0.2) is 6.20 Å². The second-order valence-electron chi connectivity index (χ2n) is 5.81. The predicted molar refractivity (Wildman–Crippen MR) is 94.8 cm³/mol. The van der Waals surface area contributed by atoms with E-state index in [9.17, 15) is 18.8 Å². The first kappa shape index (κ1) is 16.6. The summed E-state index contributed by atoms with van der Waals surface area (Å²) >= 11 is 0. The van der Waals surface area contributed by atoms with Crippen LogP contribution < -0.4 is 10.0 Å². The van der Waals surface area contributed by atoms with Gasteiger partial charge in [0.25, 0.3) is 5.69 Å². The van der Waals surface area contributed by atoms with Crippen molar-refractivity contribution in [1.82, 2.24) is 9.97 Å². The number of fused-ring (bicyclic) bond motifs is 1. The minimum atomic E-state index is -0.604. The average molecular weight is 366 g/mol. The highest BCUT2D eigenvalue weighted by molar-refractivity contribution is 6.02. The standard InChI is InChI=1S/C19H12F2N4O2/c20-11-4-6-14(21)13(9-11)18-23-15-7-5-12(10-16(15)24-18)22-19(26)17-3-1-2-8-25(17)27/h1-10H,(H,22,26)(H,23,24). The second kappa shape index (κ2) is 6.49. The molecule has 4 rings (SSSR count). The molecule has 6 nitrogen and oxygen atoms in total. The maximum atomic E-state index is 13.9. The van der Waals surface area contributed by atoms with Gasteiger partial charge in [-0.05, 0) is 42.5 Å². The number of nitrogens with zero attached hydrogens (tertiary/aromatic N) is 2. The Morgan fingerprint density at radius 2 is 1.96 bits per heavy atom. The predicted octanol–water partition coefficient (Wildman–Crippen LogP) is 3.39. The van der Waals surface area contributed by atoms with Gasteiger partial charge in [-0.1, -0.05) is 0 Å². The fraction of sp³-hybridized carbons (Fsp3) is 0. The zero-order chi connectivity index (χ0) is 19.0. The molecule has 2 aromatic carbocycles. The molecule has 134 valence electrons. The number of pyridine rings is 1. The third-order valence-corrected chi connectivity index (χ3v) is 3.98. The van der Waals surface area contributed by atoms with E-state index in [0.717, 1.165) is 18.2 Å². The first-order valence-corrected chi connectivity index (χ1v) is 7.96. The smallest absolute Gasteiger partial charge is 0.321 e. The number of hydrogen-bond donors (Lipinski definition) is 2. The maximum Gasteiger partial charge on any atom is 0.321 e. The summed E-state index contributed by atoms with van der Waals surface area (Å²) in [5.74, 6) is -1.58. The first-order valence-electron chi connectivity index (χ1n) is 7.96. The Hall–Kier alpha value is -3.81. The highest BCUT2D eigenvalue weighted by atomic mass is 19.1. The molecule has 8 heteroatoms. The van der Waals surface area contributed by atoms with Crippen LogP contribution in [-0.4, -0.2) is 15.9 Å². The Morgan fingerprint density at radius 3 is 2.78 bits per heavy atom. The number of H-pyrrole nitrogens is 1. The summed E-state index contributed by atoms with van der Waals surface area (Å²) in [4.78, 5) is 19.4. The largest absolute Gasteiger partial charge is 0.618 e. The van der Waals surface area contributed by atoms with Crippen molar-refractivity contribution in [2.45, 2.75) is 0 Å². The molecule has 0 spiro atoms. The van der Waals surface area contributed by atoms with E-state index >= 15 is 0 Å². The molecule has 0 aliphatic carbocycles. The molecular formula is C19H12F2N4O2. The normalized spacial score (nSPS) is 10.9. The Balaban J connectivity index is 1.66. The SMILES string of the molecule is O=C(Nc1ccc2nc(-c3cc(F)ccc3F)[nH]c2c1)c1cccc[n+]1[O-]. The van der Waals surface area contributed by atoms with Gasteiger partial charge in [0.2, 0.25) is 0 Å². The van der Waals surface area contributed by atoms with Crippen LogP contribution in [0.4, 0.5) is 14.5 Å². The Bertz CT molecular complexity index is 1170. The lowest BCUT2D eigenvalue weighted by atomic mass is 10.2. The van der Waals surface area contributed by atoms with Crippen LogP contribution in [0.25, 0.3) is 22.4 Å². The summed E-state index contributed by atoms with van der Waals surface area (Å²) in [5, 5.41) is 14.3. The number of nitrogens with one attached hydrogen (secondary N) is 2. The van der Waals surface area contributed by atoms with Crippen LogP contribution in [0.15, 0.2) is 60.8 Å². The van der Waals surface area contributed by atoms with Crippen LogP contribution in [0.2, 0.25) is 0 Å². The third kappa shape index (κ3) is 3.20. The highest BCUT2D eigenvalue weighted by Crippen LogP contribution is 2.25. The van der Waals surface area contributed by atoms with Crippen LogP contribution in [0.1, 0.15) is 10.5 Å². The van der Waals surface area contributed by atoms with Gasteiger partial charge in [-0.2, -0.15) is 4.73 Å². The molecule has 1 amide bonds. The van der Waals surface area contributed by atoms with E-state index < -0.39 is 17.5 Å². The third-order valence-electron chi connectivity index (χ3n) is 3.98. The Labute approximate surface area is 151 Å². The summed E-state index contributed by atoms with van der Waals surface area (Å²) in [7, 11) is 0. The minimum Gasteiger partial charge on any atom is -0.618 e. The van der Waals surface area contributed by atoms with Crippen molar-refractivity contribution >= 4 is 22.6 Å². The molecule has 27 heavy (non-hydrogen) atoms. The fourth-order valence-electron chi connectivity index (χ4n) is 2.69. The number of carbonyl (C=O) groups excluding carboxylic acids is 1. The van der Waals surface area contributed by atoms with Crippen molar-refractivity contribution in [2.24, 2.45) is 0 Å². The van der Waals surface area contributed by atoms with Crippen molar-refractivity contribution < 1.29 is 18.3 Å². The van der Waals surface area contributed by atoms with Crippen LogP contribution in [-0.2, 0) is 0 Å². The summed E-state index contributed by atoms with van der Waals surface area (Å²) < 4.78 is 27.8. The number of anilines is 1. The number of rotatable bonds is 3. The molecular weight excluding hydrogens is 354 g/mol. The molecule has 0 radical (unpaired) electrons. The van der Waals surface area contributed by atoms with Gasteiger partial charge in [-0.15, -0.1) is 0 Å². The molecule has 0 unspecified atom stereocenters. The number of imidazole rings is 1. The molecule has 0 saturated heterocycles. The molecule has 0 aliphatic heterocycles. The number of amides is 1. The maximum absolute atomic E-state index is 13.9. The summed E-state index contributed by atoms with van der Waals surface area (Å²) in [6.45, 7) is 0. The number of aromatic nitrogens is 3. The van der Waals surface area contributed by atoms with Gasteiger partial charge in [-0.3, -0.25) is 4.79 Å². The lowest BCUT2D eigenvalue weighted by Gasteiger charge is -2.05. The van der Waals surface area contributed by atoms with E-state index in [1.165, 1.54) is 18.3 Å². The number of halogens is 2. The number of carbonyl (C=O) groups is 1. The fourth-order valence-corrected chi connectivity index (χ4v) is 2.69. The molecule has 2 heterocycles. The van der Waals surface area contributed by atoms with E-state index in [0.29, 0.717) is 21.5 Å². The summed E-state index contributed by atoms with van der Waals surface area (Å²) in [6.07, 6.45) is 1.23. The van der Waals surface area contributed by atoms with Crippen molar-refractivity contribution in [3.8, 4) is 11.4 Å². The Kier molecular flexibility index (Phi) is 4.00. The van der Waals surface area contributed by atoms with Crippen LogP contribution >= 0.6 is 0 Å². The van der Waals surface area contributed by atoms with Gasteiger partial charge >= 0.3 is 5.91 Å². The van der Waals surface area contributed by atoms with E-state index in [2.05, 4.69) is 15.3 Å². The zero-order valence-corrected chi connectivity index (χ0v) is 13.7. The van der Waals surface area contributed by atoms with E-state index in [1.807, 2.05) is 0 Å². The molecule has 4 aromatic rings. The van der Waals surface area contributed by atoms with Gasteiger partial charge in [-0.25, -0.2) is 13.8 Å². The summed E-state index contributed by atoms with van der Waals surface area (Å²) in [5.41, 5.74) is 1.42. The Morgan fingerprint density at radius 1 is 1.11 bits per heavy atom.